The van der Waals surface area contributed by atoms with Crippen molar-refractivity contribution < 1.29 is 0 Å². The van der Waals surface area contributed by atoms with Gasteiger partial charge in [0.25, 0.3) is 0 Å². The first-order valence-corrected chi connectivity index (χ1v) is 7.99. The lowest BCUT2D eigenvalue weighted by Crippen LogP contribution is -2.25. The summed E-state index contributed by atoms with van der Waals surface area (Å²) in [5.74, 6) is 0. The van der Waals surface area contributed by atoms with E-state index in [-0.39, 0.29) is 5.41 Å². The monoisotopic (exact) mass is 268 g/mol. The molecule has 1 heterocycles. The summed E-state index contributed by atoms with van der Waals surface area (Å²) in [4.78, 5) is 4.71. The summed E-state index contributed by atoms with van der Waals surface area (Å²) in [6.45, 7) is 12.1. The average molecular weight is 268 g/mol. The van der Waals surface area contributed by atoms with Gasteiger partial charge in [0, 0.05) is 23.4 Å². The fraction of sp³-hybridized carbons (Fsp3) is 0.800. The summed E-state index contributed by atoms with van der Waals surface area (Å²) < 4.78 is 0. The molecule has 1 aromatic rings. The van der Waals surface area contributed by atoms with Crippen molar-refractivity contribution in [3.05, 3.63) is 16.1 Å². The Kier molecular flexibility index (Phi) is 6.30. The Bertz CT molecular complexity index is 339. The van der Waals surface area contributed by atoms with Crippen molar-refractivity contribution in [3.8, 4) is 0 Å². The van der Waals surface area contributed by atoms with Crippen LogP contribution in [-0.2, 0) is 12.0 Å². The normalized spacial score (nSPS) is 13.8. The summed E-state index contributed by atoms with van der Waals surface area (Å²) in [6.07, 6.45) is 5.24. The van der Waals surface area contributed by atoms with Crippen LogP contribution in [0.2, 0.25) is 0 Å². The highest BCUT2D eigenvalue weighted by Gasteiger charge is 2.17. The Morgan fingerprint density at radius 2 is 2.06 bits per heavy atom. The zero-order chi connectivity index (χ0) is 13.6. The van der Waals surface area contributed by atoms with Crippen LogP contribution in [0, 0.1) is 0 Å². The molecule has 0 aliphatic carbocycles. The number of nitrogens with one attached hydrogen (secondary N) is 1. The van der Waals surface area contributed by atoms with E-state index in [0.29, 0.717) is 6.04 Å². The topological polar surface area (TPSA) is 24.9 Å². The van der Waals surface area contributed by atoms with Gasteiger partial charge in [0.2, 0.25) is 0 Å². The second kappa shape index (κ2) is 7.25. The number of hydrogen-bond donors (Lipinski definition) is 1. The van der Waals surface area contributed by atoms with Crippen LogP contribution in [0.1, 0.15) is 71.0 Å². The fourth-order valence-electron chi connectivity index (χ4n) is 1.80. The highest BCUT2D eigenvalue weighted by atomic mass is 32.1. The quantitative estimate of drug-likeness (QED) is 0.737. The highest BCUT2D eigenvalue weighted by molar-refractivity contribution is 7.09. The smallest absolute Gasteiger partial charge is 0.107 e. The van der Waals surface area contributed by atoms with Gasteiger partial charge in [0.05, 0.1) is 5.69 Å². The van der Waals surface area contributed by atoms with Crippen molar-refractivity contribution in [3.63, 3.8) is 0 Å². The largest absolute Gasteiger partial charge is 0.308 e. The van der Waals surface area contributed by atoms with E-state index in [1.165, 1.54) is 36.4 Å². The maximum atomic E-state index is 4.71. The maximum absolute atomic E-state index is 4.71. The van der Waals surface area contributed by atoms with Crippen LogP contribution in [-0.4, -0.2) is 11.0 Å². The van der Waals surface area contributed by atoms with Crippen LogP contribution in [0.15, 0.2) is 5.38 Å². The van der Waals surface area contributed by atoms with Gasteiger partial charge in [0.1, 0.15) is 5.01 Å². The van der Waals surface area contributed by atoms with Gasteiger partial charge in [-0.15, -0.1) is 11.3 Å². The van der Waals surface area contributed by atoms with Crippen LogP contribution >= 0.6 is 11.3 Å². The van der Waals surface area contributed by atoms with Gasteiger partial charge in [-0.05, 0) is 13.3 Å². The Morgan fingerprint density at radius 3 is 2.61 bits per heavy atom. The van der Waals surface area contributed by atoms with Crippen molar-refractivity contribution in [2.24, 2.45) is 0 Å². The first-order valence-electron chi connectivity index (χ1n) is 7.11. The second-order valence-corrected chi connectivity index (χ2v) is 7.10. The lowest BCUT2D eigenvalue weighted by Gasteiger charge is -2.14. The molecule has 1 aromatic heterocycles. The number of hydrogen-bond acceptors (Lipinski definition) is 3. The molecule has 1 atom stereocenters. The summed E-state index contributed by atoms with van der Waals surface area (Å²) >= 11 is 1.77. The zero-order valence-corrected chi connectivity index (χ0v) is 13.4. The molecule has 0 bridgehead atoms. The molecular formula is C15H28N2S. The number of unbranched alkanes of at least 4 members (excludes halogenated alkanes) is 2. The first kappa shape index (κ1) is 15.6. The third kappa shape index (κ3) is 5.49. The van der Waals surface area contributed by atoms with Crippen LogP contribution in [0.5, 0.6) is 0 Å². The molecule has 1 unspecified atom stereocenters. The van der Waals surface area contributed by atoms with E-state index in [9.17, 15) is 0 Å². The van der Waals surface area contributed by atoms with Gasteiger partial charge in [-0.3, -0.25) is 0 Å². The second-order valence-electron chi connectivity index (χ2n) is 6.15. The SMILES string of the molecule is CCCCCC(C)NCc1nc(C(C)(C)C)cs1. The molecular weight excluding hydrogens is 240 g/mol. The minimum atomic E-state index is 0.168. The molecule has 0 amide bonds. The van der Waals surface area contributed by atoms with Crippen LogP contribution in [0.3, 0.4) is 0 Å². The Labute approximate surface area is 116 Å². The predicted octanol–water partition coefficient (Wildman–Crippen LogP) is 4.50. The Morgan fingerprint density at radius 1 is 1.33 bits per heavy atom. The molecule has 1 N–H and O–H groups in total. The molecule has 0 fully saturated rings. The van der Waals surface area contributed by atoms with Gasteiger partial charge in [0.15, 0.2) is 0 Å². The minimum Gasteiger partial charge on any atom is -0.308 e. The summed E-state index contributed by atoms with van der Waals surface area (Å²) in [5, 5.41) is 6.97. The van der Waals surface area contributed by atoms with E-state index in [0.717, 1.165) is 6.54 Å². The lowest BCUT2D eigenvalue weighted by atomic mass is 9.93. The molecule has 18 heavy (non-hydrogen) atoms. The van der Waals surface area contributed by atoms with E-state index in [1.54, 1.807) is 11.3 Å². The van der Waals surface area contributed by atoms with Gasteiger partial charge < -0.3 is 5.32 Å². The fourth-order valence-corrected chi connectivity index (χ4v) is 2.77. The van der Waals surface area contributed by atoms with Gasteiger partial charge in [-0.2, -0.15) is 0 Å². The summed E-state index contributed by atoms with van der Waals surface area (Å²) in [7, 11) is 0. The summed E-state index contributed by atoms with van der Waals surface area (Å²) in [6, 6.07) is 0.596. The van der Waals surface area contributed by atoms with Gasteiger partial charge in [-0.25, -0.2) is 4.98 Å². The average Bonchev–Trinajstić information content (AvgIpc) is 2.75. The van der Waals surface area contributed by atoms with Crippen molar-refractivity contribution in [1.29, 1.82) is 0 Å². The molecule has 1 rings (SSSR count). The number of rotatable bonds is 7. The van der Waals surface area contributed by atoms with Crippen molar-refractivity contribution >= 4 is 11.3 Å². The standard InChI is InChI=1S/C15H28N2S/c1-6-7-8-9-12(2)16-10-14-17-13(11-18-14)15(3,4)5/h11-12,16H,6-10H2,1-5H3. The number of aromatic nitrogens is 1. The van der Waals surface area contributed by atoms with E-state index >= 15 is 0 Å². The van der Waals surface area contributed by atoms with Crippen molar-refractivity contribution in [1.82, 2.24) is 10.3 Å². The first-order chi connectivity index (χ1) is 8.43. The predicted molar refractivity (Wildman–Crippen MR) is 81.3 cm³/mol. The van der Waals surface area contributed by atoms with Crippen LogP contribution in [0.25, 0.3) is 0 Å². The molecule has 2 nitrogen and oxygen atoms in total. The third-order valence-electron chi connectivity index (χ3n) is 3.16. The molecule has 0 saturated carbocycles. The molecule has 3 heteroatoms. The van der Waals surface area contributed by atoms with Crippen LogP contribution < -0.4 is 5.32 Å². The third-order valence-corrected chi connectivity index (χ3v) is 4.01. The van der Waals surface area contributed by atoms with E-state index < -0.39 is 0 Å². The maximum Gasteiger partial charge on any atom is 0.107 e. The van der Waals surface area contributed by atoms with E-state index in [2.05, 4.69) is 45.3 Å². The molecule has 0 aliphatic heterocycles. The van der Waals surface area contributed by atoms with Crippen molar-refractivity contribution in [2.45, 2.75) is 78.3 Å². The van der Waals surface area contributed by atoms with Gasteiger partial charge in [-0.1, -0.05) is 47.0 Å². The molecule has 0 aliphatic rings. The lowest BCUT2D eigenvalue weighted by molar-refractivity contribution is 0.485. The zero-order valence-electron chi connectivity index (χ0n) is 12.5. The summed E-state index contributed by atoms with van der Waals surface area (Å²) in [5.41, 5.74) is 1.38. The molecule has 0 radical (unpaired) electrons. The van der Waals surface area contributed by atoms with E-state index in [4.69, 9.17) is 4.98 Å². The molecule has 0 aromatic carbocycles. The Hall–Kier alpha value is -0.410. The van der Waals surface area contributed by atoms with Gasteiger partial charge >= 0.3 is 0 Å². The Balaban J connectivity index is 2.33. The molecule has 0 spiro atoms. The number of thiazole rings is 1. The van der Waals surface area contributed by atoms with Crippen LogP contribution in [0.4, 0.5) is 0 Å². The molecule has 104 valence electrons. The molecule has 0 saturated heterocycles. The highest BCUT2D eigenvalue weighted by Crippen LogP contribution is 2.23. The van der Waals surface area contributed by atoms with Crippen molar-refractivity contribution in [2.75, 3.05) is 0 Å². The number of nitrogens with zero attached hydrogens (tertiary/aromatic N) is 1. The minimum absolute atomic E-state index is 0.168. The van der Waals surface area contributed by atoms with E-state index in [1.807, 2.05) is 0 Å².